The Morgan fingerprint density at radius 3 is 2.75 bits per heavy atom. The molecule has 1 heterocycles. The van der Waals surface area contributed by atoms with E-state index in [0.717, 1.165) is 25.9 Å². The third kappa shape index (κ3) is 3.25. The van der Waals surface area contributed by atoms with Crippen LogP contribution >= 0.6 is 0 Å². The zero-order chi connectivity index (χ0) is 14.5. The zero-order valence-electron chi connectivity index (χ0n) is 11.6. The van der Waals surface area contributed by atoms with E-state index in [-0.39, 0.29) is 11.4 Å². The standard InChI is InChI=1S/C14H20FN3O2/c1-2-16-10-11-6-8-17(9-7-11)14-12(15)4-3-5-13(14)18(19)20/h3-5,11,16H,2,6-10H2,1H3. The smallest absolute Gasteiger partial charge is 0.295 e. The lowest BCUT2D eigenvalue weighted by molar-refractivity contribution is -0.384. The highest BCUT2D eigenvalue weighted by Gasteiger charge is 2.27. The lowest BCUT2D eigenvalue weighted by Crippen LogP contribution is -2.38. The molecule has 1 N–H and O–H groups in total. The average Bonchev–Trinajstić information content (AvgIpc) is 2.45. The van der Waals surface area contributed by atoms with Crippen LogP contribution in [0.3, 0.4) is 0 Å². The van der Waals surface area contributed by atoms with Crippen LogP contribution in [0.5, 0.6) is 0 Å². The van der Waals surface area contributed by atoms with Gasteiger partial charge in [-0.2, -0.15) is 0 Å². The molecule has 5 nitrogen and oxygen atoms in total. The maximum absolute atomic E-state index is 13.9. The van der Waals surface area contributed by atoms with Crippen molar-refractivity contribution in [1.29, 1.82) is 0 Å². The molecule has 6 heteroatoms. The van der Waals surface area contributed by atoms with E-state index in [1.54, 1.807) is 4.90 Å². The summed E-state index contributed by atoms with van der Waals surface area (Å²) >= 11 is 0. The summed E-state index contributed by atoms with van der Waals surface area (Å²) in [4.78, 5) is 12.3. The Hall–Kier alpha value is -1.69. The zero-order valence-corrected chi connectivity index (χ0v) is 11.6. The third-order valence-electron chi connectivity index (χ3n) is 3.78. The summed E-state index contributed by atoms with van der Waals surface area (Å²) in [6.07, 6.45) is 1.86. The van der Waals surface area contributed by atoms with E-state index in [1.165, 1.54) is 18.2 Å². The van der Waals surface area contributed by atoms with Gasteiger partial charge in [-0.3, -0.25) is 10.1 Å². The van der Waals surface area contributed by atoms with E-state index in [9.17, 15) is 14.5 Å². The largest absolute Gasteiger partial charge is 0.364 e. The first-order valence-corrected chi connectivity index (χ1v) is 7.02. The van der Waals surface area contributed by atoms with Crippen LogP contribution in [0.15, 0.2) is 18.2 Å². The van der Waals surface area contributed by atoms with Crippen molar-refractivity contribution in [2.24, 2.45) is 5.92 Å². The highest BCUT2D eigenvalue weighted by Crippen LogP contribution is 2.33. The molecule has 1 aromatic carbocycles. The fraction of sp³-hybridized carbons (Fsp3) is 0.571. The van der Waals surface area contributed by atoms with E-state index in [2.05, 4.69) is 12.2 Å². The number of benzene rings is 1. The number of nitrogens with zero attached hydrogens (tertiary/aromatic N) is 2. The number of anilines is 1. The SMILES string of the molecule is CCNCC1CCN(c2c(F)cccc2[N+](=O)[O-])CC1. The summed E-state index contributed by atoms with van der Waals surface area (Å²) in [7, 11) is 0. The van der Waals surface area contributed by atoms with Crippen molar-refractivity contribution in [3.05, 3.63) is 34.1 Å². The minimum atomic E-state index is -0.511. The number of para-hydroxylation sites is 1. The second kappa shape index (κ2) is 6.65. The molecule has 110 valence electrons. The molecule has 20 heavy (non-hydrogen) atoms. The van der Waals surface area contributed by atoms with Crippen LogP contribution in [0, 0.1) is 21.8 Å². The maximum Gasteiger partial charge on any atom is 0.295 e. The van der Waals surface area contributed by atoms with Gasteiger partial charge in [-0.1, -0.05) is 13.0 Å². The summed E-state index contributed by atoms with van der Waals surface area (Å²) in [6, 6.07) is 4.03. The monoisotopic (exact) mass is 281 g/mol. The van der Waals surface area contributed by atoms with Crippen LogP contribution in [0.25, 0.3) is 0 Å². The van der Waals surface area contributed by atoms with E-state index in [1.807, 2.05) is 0 Å². The summed E-state index contributed by atoms with van der Waals surface area (Å²) in [5.74, 6) is 0.0568. The molecule has 2 rings (SSSR count). The molecule has 0 spiro atoms. The third-order valence-corrected chi connectivity index (χ3v) is 3.78. The number of nitrogens with one attached hydrogen (secondary N) is 1. The molecule has 0 amide bonds. The number of piperidine rings is 1. The van der Waals surface area contributed by atoms with Crippen LogP contribution in [0.2, 0.25) is 0 Å². The molecule has 1 aliphatic heterocycles. The van der Waals surface area contributed by atoms with Gasteiger partial charge in [0.05, 0.1) is 4.92 Å². The minimum absolute atomic E-state index is 0.138. The van der Waals surface area contributed by atoms with Crippen molar-refractivity contribution >= 4 is 11.4 Å². The molecule has 0 bridgehead atoms. The normalized spacial score (nSPS) is 16.4. The lowest BCUT2D eigenvalue weighted by atomic mass is 9.96. The Kier molecular flexibility index (Phi) is 4.89. The molecule has 0 atom stereocenters. The minimum Gasteiger partial charge on any atom is -0.364 e. The molecule has 0 unspecified atom stereocenters. The number of halogens is 1. The van der Waals surface area contributed by atoms with Gasteiger partial charge in [-0.15, -0.1) is 0 Å². The lowest BCUT2D eigenvalue weighted by Gasteiger charge is -2.33. The summed E-state index contributed by atoms with van der Waals surface area (Å²) in [6.45, 7) is 5.30. The quantitative estimate of drug-likeness (QED) is 0.665. The number of nitro groups is 1. The van der Waals surface area contributed by atoms with Crippen molar-refractivity contribution in [2.75, 3.05) is 31.1 Å². The van der Waals surface area contributed by atoms with Gasteiger partial charge in [-0.05, 0) is 37.9 Å². The van der Waals surface area contributed by atoms with Crippen LogP contribution in [-0.4, -0.2) is 31.1 Å². The topological polar surface area (TPSA) is 58.4 Å². The molecule has 0 aliphatic carbocycles. The van der Waals surface area contributed by atoms with Gasteiger partial charge in [0.1, 0.15) is 0 Å². The molecule has 0 aromatic heterocycles. The molecular weight excluding hydrogens is 261 g/mol. The highest BCUT2D eigenvalue weighted by atomic mass is 19.1. The van der Waals surface area contributed by atoms with Crippen molar-refractivity contribution < 1.29 is 9.31 Å². The molecular formula is C14H20FN3O2. The van der Waals surface area contributed by atoms with Crippen LogP contribution in [0.4, 0.5) is 15.8 Å². The predicted octanol–water partition coefficient (Wildman–Crippen LogP) is 2.56. The van der Waals surface area contributed by atoms with Crippen molar-refractivity contribution in [3.63, 3.8) is 0 Å². The van der Waals surface area contributed by atoms with Gasteiger partial charge in [-0.25, -0.2) is 4.39 Å². The van der Waals surface area contributed by atoms with E-state index >= 15 is 0 Å². The van der Waals surface area contributed by atoms with Gasteiger partial charge in [0, 0.05) is 19.2 Å². The van der Waals surface area contributed by atoms with Gasteiger partial charge in [0.15, 0.2) is 11.5 Å². The Bertz CT molecular complexity index is 473. The van der Waals surface area contributed by atoms with Crippen LogP contribution in [-0.2, 0) is 0 Å². The second-order valence-corrected chi connectivity index (χ2v) is 5.10. The number of hydrogen-bond acceptors (Lipinski definition) is 4. The first kappa shape index (κ1) is 14.7. The Labute approximate surface area is 117 Å². The molecule has 1 fully saturated rings. The molecule has 0 radical (unpaired) electrons. The van der Waals surface area contributed by atoms with E-state index in [4.69, 9.17) is 0 Å². The Balaban J connectivity index is 2.09. The Morgan fingerprint density at radius 1 is 1.45 bits per heavy atom. The van der Waals surface area contributed by atoms with Crippen molar-refractivity contribution in [1.82, 2.24) is 5.32 Å². The number of nitro benzene ring substituents is 1. The van der Waals surface area contributed by atoms with Gasteiger partial charge >= 0.3 is 0 Å². The van der Waals surface area contributed by atoms with Gasteiger partial charge in [0.2, 0.25) is 0 Å². The molecule has 1 aliphatic rings. The van der Waals surface area contributed by atoms with Gasteiger partial charge in [0.25, 0.3) is 5.69 Å². The fourth-order valence-corrected chi connectivity index (χ4v) is 2.67. The Morgan fingerprint density at radius 2 is 2.15 bits per heavy atom. The van der Waals surface area contributed by atoms with Gasteiger partial charge < -0.3 is 10.2 Å². The van der Waals surface area contributed by atoms with Crippen LogP contribution in [0.1, 0.15) is 19.8 Å². The predicted molar refractivity (Wildman–Crippen MR) is 76.5 cm³/mol. The highest BCUT2D eigenvalue weighted by molar-refractivity contribution is 5.64. The fourth-order valence-electron chi connectivity index (χ4n) is 2.67. The van der Waals surface area contributed by atoms with Crippen molar-refractivity contribution in [3.8, 4) is 0 Å². The second-order valence-electron chi connectivity index (χ2n) is 5.10. The number of rotatable bonds is 5. The average molecular weight is 281 g/mol. The summed E-state index contributed by atoms with van der Waals surface area (Å²) < 4.78 is 13.9. The first-order chi connectivity index (χ1) is 9.63. The van der Waals surface area contributed by atoms with E-state index < -0.39 is 10.7 Å². The molecule has 1 saturated heterocycles. The molecule has 1 aromatic rings. The van der Waals surface area contributed by atoms with Crippen LogP contribution < -0.4 is 10.2 Å². The summed E-state index contributed by atoms with van der Waals surface area (Å²) in [5, 5.41) is 14.3. The molecule has 0 saturated carbocycles. The summed E-state index contributed by atoms with van der Waals surface area (Å²) in [5.41, 5.74) is -0.00506. The first-order valence-electron chi connectivity index (χ1n) is 7.02. The maximum atomic E-state index is 13.9. The van der Waals surface area contributed by atoms with Crippen molar-refractivity contribution in [2.45, 2.75) is 19.8 Å². The van der Waals surface area contributed by atoms with E-state index in [0.29, 0.717) is 19.0 Å². The number of hydrogen-bond donors (Lipinski definition) is 1.